The molecule has 0 fully saturated rings. The first-order valence-corrected chi connectivity index (χ1v) is 6.46. The normalized spacial score (nSPS) is 10.3. The number of nitrogen functional groups attached to an aromatic ring is 1. The van der Waals surface area contributed by atoms with Crippen LogP contribution in [0.2, 0.25) is 5.02 Å². The molecule has 2 aromatic carbocycles. The van der Waals surface area contributed by atoms with Crippen molar-refractivity contribution in [3.05, 3.63) is 57.3 Å². The average Bonchev–Trinajstić information content (AvgIpc) is 2.36. The number of amides is 1. The molecule has 0 heterocycles. The molecule has 0 aliphatic heterocycles. The van der Waals surface area contributed by atoms with Gasteiger partial charge in [-0.25, -0.2) is 4.39 Å². The quantitative estimate of drug-likeness (QED) is 0.807. The number of carbonyl (C=O) groups is 1. The van der Waals surface area contributed by atoms with E-state index in [1.165, 1.54) is 18.2 Å². The number of rotatable bonds is 2. The van der Waals surface area contributed by atoms with E-state index in [0.717, 1.165) is 6.07 Å². The van der Waals surface area contributed by atoms with Gasteiger partial charge in [0.1, 0.15) is 5.82 Å². The fourth-order valence-corrected chi connectivity index (χ4v) is 1.95. The van der Waals surface area contributed by atoms with Crippen molar-refractivity contribution in [2.24, 2.45) is 0 Å². The van der Waals surface area contributed by atoms with E-state index in [-0.39, 0.29) is 5.56 Å². The second-order valence-corrected chi connectivity index (χ2v) is 5.08. The fourth-order valence-electron chi connectivity index (χ4n) is 1.46. The number of benzene rings is 2. The molecule has 19 heavy (non-hydrogen) atoms. The number of nitrogens with two attached hydrogens (primary N) is 1. The van der Waals surface area contributed by atoms with Gasteiger partial charge in [0.25, 0.3) is 5.91 Å². The van der Waals surface area contributed by atoms with E-state index in [1.54, 1.807) is 12.1 Å². The van der Waals surface area contributed by atoms with Gasteiger partial charge in [0.2, 0.25) is 0 Å². The number of hydrogen-bond donors (Lipinski definition) is 2. The van der Waals surface area contributed by atoms with Gasteiger partial charge in [0.05, 0.1) is 15.2 Å². The van der Waals surface area contributed by atoms with Crippen molar-refractivity contribution in [1.82, 2.24) is 0 Å². The maximum Gasteiger partial charge on any atom is 0.255 e. The largest absolute Gasteiger partial charge is 0.399 e. The first-order chi connectivity index (χ1) is 8.97. The van der Waals surface area contributed by atoms with Gasteiger partial charge in [-0.3, -0.25) is 4.79 Å². The lowest BCUT2D eigenvalue weighted by atomic mass is 10.2. The lowest BCUT2D eigenvalue weighted by Crippen LogP contribution is -2.12. The minimum atomic E-state index is -0.504. The van der Waals surface area contributed by atoms with E-state index in [4.69, 9.17) is 17.3 Å². The molecule has 6 heteroatoms. The van der Waals surface area contributed by atoms with Crippen molar-refractivity contribution >= 4 is 44.8 Å². The molecule has 0 aliphatic rings. The molecule has 0 spiro atoms. The minimum absolute atomic E-state index is 0.202. The van der Waals surface area contributed by atoms with Crippen molar-refractivity contribution < 1.29 is 9.18 Å². The highest BCUT2D eigenvalue weighted by molar-refractivity contribution is 9.10. The third-order valence-electron chi connectivity index (χ3n) is 2.42. The molecule has 0 saturated carbocycles. The smallest absolute Gasteiger partial charge is 0.255 e. The van der Waals surface area contributed by atoms with E-state index in [2.05, 4.69) is 21.2 Å². The number of hydrogen-bond acceptors (Lipinski definition) is 2. The summed E-state index contributed by atoms with van der Waals surface area (Å²) >= 11 is 8.96. The van der Waals surface area contributed by atoms with Crippen molar-refractivity contribution in [2.45, 2.75) is 0 Å². The summed E-state index contributed by atoms with van der Waals surface area (Å²) < 4.78 is 13.6. The van der Waals surface area contributed by atoms with Gasteiger partial charge >= 0.3 is 0 Å². The molecular formula is C13H9BrClFN2O. The molecule has 0 radical (unpaired) electrons. The van der Waals surface area contributed by atoms with Crippen LogP contribution in [0.25, 0.3) is 0 Å². The molecule has 0 aromatic heterocycles. The highest BCUT2D eigenvalue weighted by Crippen LogP contribution is 2.25. The lowest BCUT2D eigenvalue weighted by molar-refractivity contribution is 0.102. The highest BCUT2D eigenvalue weighted by atomic mass is 79.9. The predicted octanol–water partition coefficient (Wildman–Crippen LogP) is 4.08. The molecule has 0 aliphatic carbocycles. The Morgan fingerprint density at radius 3 is 2.63 bits per heavy atom. The van der Waals surface area contributed by atoms with Crippen LogP contribution in [-0.4, -0.2) is 5.91 Å². The van der Waals surface area contributed by atoms with Crippen molar-refractivity contribution in [3.63, 3.8) is 0 Å². The standard InChI is InChI=1S/C13H9BrClFN2O/c14-9-3-1-7(5-11(9)16)13(19)18-12-4-2-8(17)6-10(12)15/h1-6H,17H2,(H,18,19). The van der Waals surface area contributed by atoms with Crippen molar-refractivity contribution in [3.8, 4) is 0 Å². The fraction of sp³-hybridized carbons (Fsp3) is 0. The van der Waals surface area contributed by atoms with Crippen LogP contribution in [0.1, 0.15) is 10.4 Å². The molecule has 0 atom stereocenters. The Hall–Kier alpha value is -1.59. The van der Waals surface area contributed by atoms with Crippen molar-refractivity contribution in [2.75, 3.05) is 11.1 Å². The average molecular weight is 344 g/mol. The second-order valence-electron chi connectivity index (χ2n) is 3.82. The van der Waals surface area contributed by atoms with Crippen LogP contribution < -0.4 is 11.1 Å². The Balaban J connectivity index is 2.23. The van der Waals surface area contributed by atoms with E-state index >= 15 is 0 Å². The van der Waals surface area contributed by atoms with Crippen LogP contribution in [0.5, 0.6) is 0 Å². The number of anilines is 2. The maximum absolute atomic E-state index is 13.3. The molecule has 0 bridgehead atoms. The third kappa shape index (κ3) is 3.24. The molecule has 2 rings (SSSR count). The van der Waals surface area contributed by atoms with Crippen LogP contribution in [0.3, 0.4) is 0 Å². The molecule has 98 valence electrons. The molecule has 0 unspecified atom stereocenters. The Labute approximate surface area is 122 Å². The monoisotopic (exact) mass is 342 g/mol. The topological polar surface area (TPSA) is 55.1 Å². The zero-order valence-corrected chi connectivity index (χ0v) is 11.9. The van der Waals surface area contributed by atoms with E-state index in [9.17, 15) is 9.18 Å². The maximum atomic E-state index is 13.3. The van der Waals surface area contributed by atoms with Crippen LogP contribution in [-0.2, 0) is 0 Å². The Kier molecular flexibility index (Phi) is 4.07. The van der Waals surface area contributed by atoms with E-state index in [1.807, 2.05) is 0 Å². The Bertz CT molecular complexity index is 649. The zero-order chi connectivity index (χ0) is 14.0. The van der Waals surface area contributed by atoms with Crippen LogP contribution in [0.15, 0.2) is 40.9 Å². The van der Waals surface area contributed by atoms with Gasteiger partial charge < -0.3 is 11.1 Å². The summed E-state index contributed by atoms with van der Waals surface area (Å²) in [5, 5.41) is 2.92. The minimum Gasteiger partial charge on any atom is -0.399 e. The summed E-state index contributed by atoms with van der Waals surface area (Å²) in [7, 11) is 0. The van der Waals surface area contributed by atoms with Gasteiger partial charge in [-0.15, -0.1) is 0 Å². The summed E-state index contributed by atoms with van der Waals surface area (Å²) in [6, 6.07) is 8.85. The molecule has 3 N–H and O–H groups in total. The number of halogens is 3. The molecular weight excluding hydrogens is 335 g/mol. The first-order valence-electron chi connectivity index (χ1n) is 5.29. The SMILES string of the molecule is Nc1ccc(NC(=O)c2ccc(Br)c(F)c2)c(Cl)c1. The van der Waals surface area contributed by atoms with Gasteiger partial charge in [-0.05, 0) is 52.3 Å². The van der Waals surface area contributed by atoms with E-state index < -0.39 is 11.7 Å². The predicted molar refractivity (Wildman–Crippen MR) is 77.9 cm³/mol. The highest BCUT2D eigenvalue weighted by Gasteiger charge is 2.10. The zero-order valence-electron chi connectivity index (χ0n) is 9.58. The van der Waals surface area contributed by atoms with Crippen LogP contribution in [0, 0.1) is 5.82 Å². The molecule has 2 aromatic rings. The number of carbonyl (C=O) groups excluding carboxylic acids is 1. The summed E-state index contributed by atoms with van der Waals surface area (Å²) in [6.07, 6.45) is 0. The van der Waals surface area contributed by atoms with Crippen LogP contribution >= 0.6 is 27.5 Å². The molecule has 0 saturated heterocycles. The van der Waals surface area contributed by atoms with Crippen molar-refractivity contribution in [1.29, 1.82) is 0 Å². The Morgan fingerprint density at radius 2 is 2.00 bits per heavy atom. The summed E-state index contributed by atoms with van der Waals surface area (Å²) in [5.41, 5.74) is 6.67. The third-order valence-corrected chi connectivity index (χ3v) is 3.38. The summed E-state index contributed by atoms with van der Waals surface area (Å²) in [4.78, 5) is 11.9. The number of nitrogens with one attached hydrogen (secondary N) is 1. The van der Waals surface area contributed by atoms with Gasteiger partial charge in [0, 0.05) is 11.3 Å². The first kappa shape index (κ1) is 13.8. The van der Waals surface area contributed by atoms with Gasteiger partial charge in [0.15, 0.2) is 0 Å². The molecule has 1 amide bonds. The van der Waals surface area contributed by atoms with Gasteiger partial charge in [-0.2, -0.15) is 0 Å². The lowest BCUT2D eigenvalue weighted by Gasteiger charge is -2.08. The summed E-state index contributed by atoms with van der Waals surface area (Å²) in [6.45, 7) is 0. The van der Waals surface area contributed by atoms with Gasteiger partial charge in [-0.1, -0.05) is 11.6 Å². The van der Waals surface area contributed by atoms with E-state index in [0.29, 0.717) is 20.9 Å². The van der Waals surface area contributed by atoms with Crippen LogP contribution in [0.4, 0.5) is 15.8 Å². The Morgan fingerprint density at radius 1 is 1.26 bits per heavy atom. The molecule has 3 nitrogen and oxygen atoms in total. The summed E-state index contributed by atoms with van der Waals surface area (Å²) in [5.74, 6) is -0.950. The second kappa shape index (κ2) is 5.59.